The Kier molecular flexibility index (Phi) is 5.77. The van der Waals surface area contributed by atoms with Crippen LogP contribution in [0.15, 0.2) is 43.0 Å². The Morgan fingerprint density at radius 3 is 2.86 bits per heavy atom. The molecule has 1 heterocycles. The lowest BCUT2D eigenvalue weighted by molar-refractivity contribution is 0.414. The molecule has 0 fully saturated rings. The Morgan fingerprint density at radius 1 is 1.23 bits per heavy atom. The van der Waals surface area contributed by atoms with Crippen LogP contribution in [0.1, 0.15) is 11.3 Å². The van der Waals surface area contributed by atoms with E-state index in [2.05, 4.69) is 33.2 Å². The van der Waals surface area contributed by atoms with Crippen molar-refractivity contribution in [3.05, 3.63) is 54.2 Å². The van der Waals surface area contributed by atoms with Gasteiger partial charge in [0, 0.05) is 24.8 Å². The monoisotopic (exact) mass is 298 g/mol. The number of aryl methyl sites for hydroxylation is 1. The van der Waals surface area contributed by atoms with Gasteiger partial charge in [-0.15, -0.1) is 6.58 Å². The van der Waals surface area contributed by atoms with Crippen molar-refractivity contribution in [1.29, 1.82) is 0 Å². The molecule has 0 bridgehead atoms. The average Bonchev–Trinajstić information content (AvgIpc) is 2.53. The second-order valence-electron chi connectivity index (χ2n) is 4.92. The lowest BCUT2D eigenvalue weighted by Gasteiger charge is -2.09. The van der Waals surface area contributed by atoms with Gasteiger partial charge in [-0.2, -0.15) is 4.98 Å². The van der Waals surface area contributed by atoms with E-state index in [9.17, 15) is 0 Å². The molecule has 0 aliphatic carbocycles. The van der Waals surface area contributed by atoms with Crippen LogP contribution < -0.4 is 15.4 Å². The van der Waals surface area contributed by atoms with Crippen LogP contribution in [-0.4, -0.2) is 30.2 Å². The Morgan fingerprint density at radius 2 is 2.09 bits per heavy atom. The molecule has 1 aromatic carbocycles. The lowest BCUT2D eigenvalue weighted by Crippen LogP contribution is -2.10. The quantitative estimate of drug-likeness (QED) is 0.734. The fraction of sp³-hybridized carbons (Fsp3) is 0.294. The second-order valence-corrected chi connectivity index (χ2v) is 4.92. The maximum absolute atomic E-state index is 5.23. The number of nitrogens with zero attached hydrogens (tertiary/aromatic N) is 2. The fourth-order valence-electron chi connectivity index (χ4n) is 2.06. The van der Waals surface area contributed by atoms with Crippen LogP contribution in [0.5, 0.6) is 5.75 Å². The lowest BCUT2D eigenvalue weighted by atomic mass is 10.1. The Hall–Kier alpha value is -2.56. The number of hydrogen-bond donors (Lipinski definition) is 2. The van der Waals surface area contributed by atoms with Gasteiger partial charge >= 0.3 is 0 Å². The summed E-state index contributed by atoms with van der Waals surface area (Å²) in [6.07, 6.45) is 2.68. The minimum absolute atomic E-state index is 0.615. The van der Waals surface area contributed by atoms with Crippen molar-refractivity contribution in [3.63, 3.8) is 0 Å². The SMILES string of the molecule is C=CCNc1nc(C)cc(NCCc2cccc(OC)c2)n1. The summed E-state index contributed by atoms with van der Waals surface area (Å²) >= 11 is 0. The average molecular weight is 298 g/mol. The summed E-state index contributed by atoms with van der Waals surface area (Å²) in [5.74, 6) is 2.32. The molecule has 5 heteroatoms. The predicted molar refractivity (Wildman–Crippen MR) is 90.6 cm³/mol. The molecule has 0 radical (unpaired) electrons. The summed E-state index contributed by atoms with van der Waals surface area (Å²) in [4.78, 5) is 8.76. The molecule has 0 saturated carbocycles. The van der Waals surface area contributed by atoms with Crippen LogP contribution in [-0.2, 0) is 6.42 Å². The molecule has 0 aliphatic heterocycles. The number of aromatic nitrogens is 2. The molecule has 0 aliphatic rings. The fourth-order valence-corrected chi connectivity index (χ4v) is 2.06. The van der Waals surface area contributed by atoms with Gasteiger partial charge < -0.3 is 15.4 Å². The Labute approximate surface area is 131 Å². The molecule has 5 nitrogen and oxygen atoms in total. The third kappa shape index (κ3) is 4.77. The zero-order valence-electron chi connectivity index (χ0n) is 13.1. The second kappa shape index (κ2) is 8.02. The van der Waals surface area contributed by atoms with E-state index in [4.69, 9.17) is 4.74 Å². The summed E-state index contributed by atoms with van der Waals surface area (Å²) in [6, 6.07) is 10.0. The van der Waals surface area contributed by atoms with E-state index in [1.54, 1.807) is 13.2 Å². The van der Waals surface area contributed by atoms with E-state index in [0.29, 0.717) is 12.5 Å². The number of methoxy groups -OCH3 is 1. The smallest absolute Gasteiger partial charge is 0.225 e. The molecular weight excluding hydrogens is 276 g/mol. The van der Waals surface area contributed by atoms with Crippen molar-refractivity contribution in [3.8, 4) is 5.75 Å². The molecule has 1 aromatic heterocycles. The van der Waals surface area contributed by atoms with Crippen molar-refractivity contribution in [2.24, 2.45) is 0 Å². The molecule has 0 saturated heterocycles. The molecule has 2 N–H and O–H groups in total. The highest BCUT2D eigenvalue weighted by atomic mass is 16.5. The van der Waals surface area contributed by atoms with Crippen molar-refractivity contribution >= 4 is 11.8 Å². The van der Waals surface area contributed by atoms with Gasteiger partial charge in [0.25, 0.3) is 0 Å². The van der Waals surface area contributed by atoms with Crippen LogP contribution in [0.25, 0.3) is 0 Å². The van der Waals surface area contributed by atoms with Crippen molar-refractivity contribution in [2.75, 3.05) is 30.8 Å². The van der Waals surface area contributed by atoms with E-state index in [1.165, 1.54) is 5.56 Å². The topological polar surface area (TPSA) is 59.1 Å². The summed E-state index contributed by atoms with van der Waals surface area (Å²) in [5.41, 5.74) is 2.15. The van der Waals surface area contributed by atoms with E-state index >= 15 is 0 Å². The minimum Gasteiger partial charge on any atom is -0.497 e. The first-order chi connectivity index (χ1) is 10.7. The molecular formula is C17H22N4O. The Balaban J connectivity index is 1.93. The van der Waals surface area contributed by atoms with Gasteiger partial charge in [0.05, 0.1) is 7.11 Å². The Bertz CT molecular complexity index is 628. The van der Waals surface area contributed by atoms with Crippen molar-refractivity contribution < 1.29 is 4.74 Å². The zero-order chi connectivity index (χ0) is 15.8. The van der Waals surface area contributed by atoms with Gasteiger partial charge in [0.1, 0.15) is 11.6 Å². The first-order valence-electron chi connectivity index (χ1n) is 7.28. The molecule has 0 amide bonds. The van der Waals surface area contributed by atoms with Crippen molar-refractivity contribution in [1.82, 2.24) is 9.97 Å². The van der Waals surface area contributed by atoms with Gasteiger partial charge in [-0.25, -0.2) is 4.98 Å². The van der Waals surface area contributed by atoms with Gasteiger partial charge in [0.2, 0.25) is 5.95 Å². The highest BCUT2D eigenvalue weighted by Gasteiger charge is 2.02. The minimum atomic E-state index is 0.615. The number of nitrogens with one attached hydrogen (secondary N) is 2. The van der Waals surface area contributed by atoms with Crippen LogP contribution in [0.4, 0.5) is 11.8 Å². The third-order valence-corrected chi connectivity index (χ3v) is 3.11. The molecule has 22 heavy (non-hydrogen) atoms. The normalized spacial score (nSPS) is 10.1. The van der Waals surface area contributed by atoms with E-state index < -0.39 is 0 Å². The maximum atomic E-state index is 5.23. The first kappa shape index (κ1) is 15.8. The first-order valence-corrected chi connectivity index (χ1v) is 7.28. The van der Waals surface area contributed by atoms with Gasteiger partial charge in [-0.3, -0.25) is 0 Å². The molecule has 2 aromatic rings. The van der Waals surface area contributed by atoms with Crippen LogP contribution in [0.2, 0.25) is 0 Å². The molecule has 2 rings (SSSR count). The summed E-state index contributed by atoms with van der Waals surface area (Å²) in [5, 5.41) is 6.43. The standard InChI is InChI=1S/C17H22N4O/c1-4-9-19-17-20-13(2)11-16(21-17)18-10-8-14-6-5-7-15(12-14)22-3/h4-7,11-12H,1,8-10H2,2-3H3,(H2,18,19,20,21). The molecule has 0 atom stereocenters. The van der Waals surface area contributed by atoms with E-state index in [1.807, 2.05) is 31.2 Å². The third-order valence-electron chi connectivity index (χ3n) is 3.11. The van der Waals surface area contributed by atoms with E-state index in [-0.39, 0.29) is 0 Å². The number of benzene rings is 1. The van der Waals surface area contributed by atoms with E-state index in [0.717, 1.165) is 30.2 Å². The number of rotatable bonds is 8. The van der Waals surface area contributed by atoms with Crippen LogP contribution in [0, 0.1) is 6.92 Å². The zero-order valence-corrected chi connectivity index (χ0v) is 13.1. The van der Waals surface area contributed by atoms with Gasteiger partial charge in [-0.1, -0.05) is 18.2 Å². The summed E-state index contributed by atoms with van der Waals surface area (Å²) in [7, 11) is 1.68. The van der Waals surface area contributed by atoms with Crippen LogP contribution in [0.3, 0.4) is 0 Å². The van der Waals surface area contributed by atoms with Gasteiger partial charge in [0.15, 0.2) is 0 Å². The number of ether oxygens (including phenoxy) is 1. The molecule has 0 spiro atoms. The maximum Gasteiger partial charge on any atom is 0.225 e. The van der Waals surface area contributed by atoms with Crippen molar-refractivity contribution in [2.45, 2.75) is 13.3 Å². The molecule has 0 unspecified atom stereocenters. The molecule has 116 valence electrons. The highest BCUT2D eigenvalue weighted by Crippen LogP contribution is 2.14. The van der Waals surface area contributed by atoms with Crippen LogP contribution >= 0.6 is 0 Å². The number of anilines is 2. The largest absolute Gasteiger partial charge is 0.497 e. The number of hydrogen-bond acceptors (Lipinski definition) is 5. The van der Waals surface area contributed by atoms with Gasteiger partial charge in [-0.05, 0) is 31.0 Å². The highest BCUT2D eigenvalue weighted by molar-refractivity contribution is 5.42. The summed E-state index contributed by atoms with van der Waals surface area (Å²) in [6.45, 7) is 7.07. The summed E-state index contributed by atoms with van der Waals surface area (Å²) < 4.78 is 5.23. The predicted octanol–water partition coefficient (Wildman–Crippen LogP) is 3.05.